The summed E-state index contributed by atoms with van der Waals surface area (Å²) in [6.45, 7) is 5.41. The van der Waals surface area contributed by atoms with Gasteiger partial charge in [0, 0.05) is 0 Å². The lowest BCUT2D eigenvalue weighted by atomic mass is 10.0. The van der Waals surface area contributed by atoms with Crippen molar-refractivity contribution in [3.8, 4) is 0 Å². The largest absolute Gasteiger partial charge is 0.508 e. The van der Waals surface area contributed by atoms with Crippen molar-refractivity contribution < 1.29 is 14.3 Å². The fourth-order valence-electron chi connectivity index (χ4n) is 3.18. The Kier molecular flexibility index (Phi) is 21.7. The fourth-order valence-corrected chi connectivity index (χ4v) is 3.18. The third-order valence-corrected chi connectivity index (χ3v) is 4.94. The molecule has 0 aromatic heterocycles. The summed E-state index contributed by atoms with van der Waals surface area (Å²) in [7, 11) is 0. The number of hydrogen-bond donors (Lipinski definition) is 0. The van der Waals surface area contributed by atoms with Crippen molar-refractivity contribution in [3.05, 3.63) is 0 Å². The summed E-state index contributed by atoms with van der Waals surface area (Å²) in [4.78, 5) is 11.3. The van der Waals surface area contributed by atoms with Gasteiger partial charge in [-0.05, 0) is 12.8 Å². The Balaban J connectivity index is 3.07. The lowest BCUT2D eigenvalue weighted by molar-refractivity contribution is 0.0530. The maximum Gasteiger partial charge on any atom is 0.508 e. The van der Waals surface area contributed by atoms with Crippen LogP contribution in [0.3, 0.4) is 0 Å². The lowest BCUT2D eigenvalue weighted by Crippen LogP contribution is -2.09. The van der Waals surface area contributed by atoms with Gasteiger partial charge in [0.1, 0.15) is 0 Å². The number of carbonyl (C=O) groups is 1. The zero-order chi connectivity index (χ0) is 19.1. The minimum atomic E-state index is -0.494. The van der Waals surface area contributed by atoms with Gasteiger partial charge in [0.15, 0.2) is 0 Å². The number of hydrogen-bond acceptors (Lipinski definition) is 3. The molecule has 0 saturated heterocycles. The first kappa shape index (κ1) is 25.3. The summed E-state index contributed by atoms with van der Waals surface area (Å²) in [5.41, 5.74) is 0. The minimum absolute atomic E-state index is 0.492. The van der Waals surface area contributed by atoms with E-state index in [-0.39, 0.29) is 0 Å². The summed E-state index contributed by atoms with van der Waals surface area (Å²) >= 11 is 0. The molecule has 0 aromatic rings. The molecule has 0 bridgehead atoms. The first-order chi connectivity index (χ1) is 12.8. The second-order valence-corrected chi connectivity index (χ2v) is 7.60. The monoisotopic (exact) mass is 370 g/mol. The number of carbonyl (C=O) groups excluding carboxylic acids is 1. The van der Waals surface area contributed by atoms with Gasteiger partial charge < -0.3 is 9.47 Å². The highest BCUT2D eigenvalue weighted by molar-refractivity contribution is 5.59. The molecule has 156 valence electrons. The first-order valence-electron chi connectivity index (χ1n) is 11.6. The third kappa shape index (κ3) is 21.3. The maximum atomic E-state index is 11.3. The molecule has 3 heteroatoms. The Morgan fingerprint density at radius 2 is 0.731 bits per heavy atom. The Morgan fingerprint density at radius 1 is 0.462 bits per heavy atom. The highest BCUT2D eigenvalue weighted by atomic mass is 16.7. The molecule has 0 unspecified atom stereocenters. The number of rotatable bonds is 20. The topological polar surface area (TPSA) is 35.5 Å². The molecule has 0 aliphatic carbocycles. The van der Waals surface area contributed by atoms with Gasteiger partial charge in [-0.15, -0.1) is 0 Å². The molecule has 0 aliphatic heterocycles. The number of ether oxygens (including phenoxy) is 2. The molecule has 3 nitrogen and oxygen atoms in total. The number of unbranched alkanes of at least 4 members (excludes halogenated alkanes) is 16. The van der Waals surface area contributed by atoms with E-state index in [1.807, 2.05) is 0 Å². The zero-order valence-electron chi connectivity index (χ0n) is 17.9. The maximum absolute atomic E-state index is 11.3. The second kappa shape index (κ2) is 22.3. The van der Waals surface area contributed by atoms with Gasteiger partial charge in [-0.25, -0.2) is 4.79 Å². The van der Waals surface area contributed by atoms with E-state index in [0.717, 1.165) is 32.1 Å². The molecule has 0 fully saturated rings. The van der Waals surface area contributed by atoms with Crippen LogP contribution in [-0.2, 0) is 9.47 Å². The summed E-state index contributed by atoms with van der Waals surface area (Å²) < 4.78 is 10.1. The van der Waals surface area contributed by atoms with Crippen molar-refractivity contribution >= 4 is 6.16 Å². The van der Waals surface area contributed by atoms with E-state index in [9.17, 15) is 4.79 Å². The zero-order valence-corrected chi connectivity index (χ0v) is 17.9. The van der Waals surface area contributed by atoms with Crippen LogP contribution in [0, 0.1) is 0 Å². The van der Waals surface area contributed by atoms with Crippen LogP contribution in [0.15, 0.2) is 0 Å². The fraction of sp³-hybridized carbons (Fsp3) is 0.957. The Morgan fingerprint density at radius 3 is 1.12 bits per heavy atom. The lowest BCUT2D eigenvalue weighted by Gasteiger charge is -2.06. The highest BCUT2D eigenvalue weighted by Gasteiger charge is 2.02. The van der Waals surface area contributed by atoms with Crippen molar-refractivity contribution in [2.75, 3.05) is 13.2 Å². The summed E-state index contributed by atoms with van der Waals surface area (Å²) in [5, 5.41) is 0. The predicted molar refractivity (Wildman–Crippen MR) is 112 cm³/mol. The van der Waals surface area contributed by atoms with Crippen molar-refractivity contribution in [2.24, 2.45) is 0 Å². The summed E-state index contributed by atoms with van der Waals surface area (Å²) in [5.74, 6) is 0. The van der Waals surface area contributed by atoms with Crippen LogP contribution in [0.5, 0.6) is 0 Å². The molecule has 0 spiro atoms. The van der Waals surface area contributed by atoms with Crippen LogP contribution in [0.2, 0.25) is 0 Å². The molecule has 0 aliphatic rings. The normalized spacial score (nSPS) is 10.8. The van der Waals surface area contributed by atoms with Gasteiger partial charge in [0.25, 0.3) is 0 Å². The van der Waals surface area contributed by atoms with Gasteiger partial charge in [-0.3, -0.25) is 0 Å². The smallest absolute Gasteiger partial charge is 0.434 e. The average molecular weight is 371 g/mol. The third-order valence-electron chi connectivity index (χ3n) is 4.94. The van der Waals surface area contributed by atoms with Crippen LogP contribution >= 0.6 is 0 Å². The highest BCUT2D eigenvalue weighted by Crippen LogP contribution is 2.13. The van der Waals surface area contributed by atoms with E-state index in [4.69, 9.17) is 9.47 Å². The second-order valence-electron chi connectivity index (χ2n) is 7.60. The molecule has 0 saturated carbocycles. The van der Waals surface area contributed by atoms with Crippen LogP contribution in [0.1, 0.15) is 129 Å². The molecular weight excluding hydrogens is 324 g/mol. The molecule has 0 atom stereocenters. The Hall–Kier alpha value is -0.730. The van der Waals surface area contributed by atoms with Gasteiger partial charge in [0.05, 0.1) is 13.2 Å². The molecule has 0 heterocycles. The molecule has 0 aromatic carbocycles. The van der Waals surface area contributed by atoms with E-state index < -0.39 is 6.16 Å². The van der Waals surface area contributed by atoms with Crippen molar-refractivity contribution in [1.82, 2.24) is 0 Å². The van der Waals surface area contributed by atoms with Crippen LogP contribution in [-0.4, -0.2) is 19.4 Å². The van der Waals surface area contributed by atoms with E-state index >= 15 is 0 Å². The van der Waals surface area contributed by atoms with E-state index in [1.165, 1.54) is 83.5 Å². The van der Waals surface area contributed by atoms with Crippen molar-refractivity contribution in [1.29, 1.82) is 0 Å². The van der Waals surface area contributed by atoms with Crippen LogP contribution in [0.25, 0.3) is 0 Å². The van der Waals surface area contributed by atoms with Crippen LogP contribution in [0.4, 0.5) is 4.79 Å². The Labute approximate surface area is 163 Å². The van der Waals surface area contributed by atoms with Crippen molar-refractivity contribution in [3.63, 3.8) is 0 Å². The molecule has 0 amide bonds. The first-order valence-corrected chi connectivity index (χ1v) is 11.6. The molecule has 0 rings (SSSR count). The van der Waals surface area contributed by atoms with Gasteiger partial charge >= 0.3 is 6.16 Å². The average Bonchev–Trinajstić information content (AvgIpc) is 2.65. The molecule has 26 heavy (non-hydrogen) atoms. The van der Waals surface area contributed by atoms with Gasteiger partial charge in [0.2, 0.25) is 0 Å². The predicted octanol–water partition coefficient (Wildman–Crippen LogP) is 8.20. The molecular formula is C23H46O3. The van der Waals surface area contributed by atoms with Crippen LogP contribution < -0.4 is 0 Å². The van der Waals surface area contributed by atoms with E-state index in [1.54, 1.807) is 0 Å². The quantitative estimate of drug-likeness (QED) is 0.160. The summed E-state index contributed by atoms with van der Waals surface area (Å²) in [6.07, 6.45) is 22.9. The van der Waals surface area contributed by atoms with E-state index in [2.05, 4.69) is 13.8 Å². The minimum Gasteiger partial charge on any atom is -0.434 e. The van der Waals surface area contributed by atoms with E-state index in [0.29, 0.717) is 13.2 Å². The summed E-state index contributed by atoms with van der Waals surface area (Å²) in [6, 6.07) is 0. The van der Waals surface area contributed by atoms with Gasteiger partial charge in [-0.1, -0.05) is 117 Å². The Bertz CT molecular complexity index is 279. The van der Waals surface area contributed by atoms with Crippen molar-refractivity contribution in [2.45, 2.75) is 129 Å². The standard InChI is InChI=1S/C23H46O3/c1-3-5-7-8-9-10-11-12-13-14-15-16-17-18-20-22-26-23(24)25-21-19-6-4-2/h3-22H2,1-2H3. The molecule has 0 N–H and O–H groups in total. The SMILES string of the molecule is CCCCCCCCCCCCCCCCCOC(=O)OCCCCC. The van der Waals surface area contributed by atoms with Gasteiger partial charge in [-0.2, -0.15) is 0 Å². The molecule has 0 radical (unpaired) electrons.